The van der Waals surface area contributed by atoms with E-state index in [0.717, 1.165) is 5.56 Å². The van der Waals surface area contributed by atoms with Crippen molar-refractivity contribution in [3.8, 4) is 0 Å². The lowest BCUT2D eigenvalue weighted by Crippen LogP contribution is -2.04. The number of nitrogens with one attached hydrogen (secondary N) is 2. The normalized spacial score (nSPS) is 9.95. The Morgan fingerprint density at radius 3 is 2.68 bits per heavy atom. The average molecular weight is 259 g/mol. The van der Waals surface area contributed by atoms with E-state index in [1.807, 2.05) is 6.07 Å². The van der Waals surface area contributed by atoms with Crippen molar-refractivity contribution >= 4 is 17.3 Å². The zero-order chi connectivity index (χ0) is 13.7. The highest BCUT2D eigenvalue weighted by atomic mass is 16.6. The van der Waals surface area contributed by atoms with Crippen LogP contribution >= 0.6 is 0 Å². The molecule has 0 fully saturated rings. The Hall–Kier alpha value is -2.70. The van der Waals surface area contributed by atoms with E-state index in [1.165, 1.54) is 6.07 Å². The Balaban J connectivity index is 2.13. The highest BCUT2D eigenvalue weighted by Crippen LogP contribution is 2.25. The van der Waals surface area contributed by atoms with Gasteiger partial charge in [-0.1, -0.05) is 6.07 Å². The fraction of sp³-hybridized carbons (Fsp3) is 0.167. The van der Waals surface area contributed by atoms with Crippen molar-refractivity contribution < 1.29 is 4.92 Å². The van der Waals surface area contributed by atoms with Gasteiger partial charge in [-0.3, -0.25) is 10.1 Å². The zero-order valence-electron chi connectivity index (χ0n) is 10.3. The molecule has 0 saturated carbocycles. The van der Waals surface area contributed by atoms with Crippen molar-refractivity contribution in [2.24, 2.45) is 0 Å². The third kappa shape index (κ3) is 3.15. The SMILES string of the molecule is CNc1ccc(CNc2ncccn2)cc1[N+](=O)[O-]. The predicted octanol–water partition coefficient (Wildman–Crippen LogP) is 2.04. The number of anilines is 2. The molecule has 0 radical (unpaired) electrons. The van der Waals surface area contributed by atoms with Gasteiger partial charge in [-0.25, -0.2) is 9.97 Å². The number of rotatable bonds is 5. The number of hydrogen-bond acceptors (Lipinski definition) is 6. The van der Waals surface area contributed by atoms with Gasteiger partial charge in [-0.05, 0) is 17.7 Å². The minimum Gasteiger partial charge on any atom is -0.383 e. The van der Waals surface area contributed by atoms with Gasteiger partial charge in [0.15, 0.2) is 0 Å². The van der Waals surface area contributed by atoms with E-state index < -0.39 is 4.92 Å². The Morgan fingerprint density at radius 1 is 1.32 bits per heavy atom. The predicted molar refractivity (Wildman–Crippen MR) is 72.0 cm³/mol. The first kappa shape index (κ1) is 12.7. The summed E-state index contributed by atoms with van der Waals surface area (Å²) in [4.78, 5) is 18.6. The summed E-state index contributed by atoms with van der Waals surface area (Å²) in [5.74, 6) is 0.489. The van der Waals surface area contributed by atoms with Gasteiger partial charge in [0.2, 0.25) is 5.95 Å². The summed E-state index contributed by atoms with van der Waals surface area (Å²) in [5, 5.41) is 16.7. The summed E-state index contributed by atoms with van der Waals surface area (Å²) in [6, 6.07) is 6.75. The van der Waals surface area contributed by atoms with Gasteiger partial charge in [0.25, 0.3) is 5.69 Å². The molecule has 0 unspecified atom stereocenters. The van der Waals surface area contributed by atoms with Gasteiger partial charge in [0.05, 0.1) is 4.92 Å². The molecule has 19 heavy (non-hydrogen) atoms. The van der Waals surface area contributed by atoms with Crippen molar-refractivity contribution in [2.45, 2.75) is 6.54 Å². The largest absolute Gasteiger partial charge is 0.383 e. The van der Waals surface area contributed by atoms with E-state index in [9.17, 15) is 10.1 Å². The minimum atomic E-state index is -0.408. The first-order valence-corrected chi connectivity index (χ1v) is 5.66. The van der Waals surface area contributed by atoms with E-state index >= 15 is 0 Å². The van der Waals surface area contributed by atoms with Crippen LogP contribution in [0.3, 0.4) is 0 Å². The molecule has 0 aliphatic carbocycles. The van der Waals surface area contributed by atoms with Gasteiger partial charge in [-0.2, -0.15) is 0 Å². The van der Waals surface area contributed by atoms with Crippen molar-refractivity contribution in [3.63, 3.8) is 0 Å². The molecule has 0 amide bonds. The van der Waals surface area contributed by atoms with Crippen LogP contribution in [-0.4, -0.2) is 21.9 Å². The lowest BCUT2D eigenvalue weighted by Gasteiger charge is -2.06. The van der Waals surface area contributed by atoms with Crippen molar-refractivity contribution in [2.75, 3.05) is 17.7 Å². The molecule has 0 bridgehead atoms. The van der Waals surface area contributed by atoms with Crippen molar-refractivity contribution in [1.29, 1.82) is 0 Å². The summed E-state index contributed by atoms with van der Waals surface area (Å²) in [5.41, 5.74) is 1.33. The van der Waals surface area contributed by atoms with Gasteiger partial charge in [-0.15, -0.1) is 0 Å². The van der Waals surface area contributed by atoms with Crippen LogP contribution < -0.4 is 10.6 Å². The Kier molecular flexibility index (Phi) is 3.87. The molecule has 7 nitrogen and oxygen atoms in total. The molecule has 0 aliphatic heterocycles. The zero-order valence-corrected chi connectivity index (χ0v) is 10.3. The van der Waals surface area contributed by atoms with Crippen LogP contribution in [0, 0.1) is 10.1 Å². The second-order valence-corrected chi connectivity index (χ2v) is 3.78. The van der Waals surface area contributed by atoms with Crippen LogP contribution in [0.5, 0.6) is 0 Å². The number of nitrogens with zero attached hydrogens (tertiary/aromatic N) is 3. The first-order chi connectivity index (χ1) is 9.20. The van der Waals surface area contributed by atoms with Gasteiger partial charge >= 0.3 is 0 Å². The molecule has 2 N–H and O–H groups in total. The quantitative estimate of drug-likeness (QED) is 0.630. The van der Waals surface area contributed by atoms with E-state index in [1.54, 1.807) is 31.6 Å². The van der Waals surface area contributed by atoms with Crippen LogP contribution in [0.2, 0.25) is 0 Å². The second-order valence-electron chi connectivity index (χ2n) is 3.78. The number of benzene rings is 1. The molecule has 1 heterocycles. The maximum absolute atomic E-state index is 10.9. The minimum absolute atomic E-state index is 0.0516. The van der Waals surface area contributed by atoms with Crippen molar-refractivity contribution in [3.05, 3.63) is 52.3 Å². The molecule has 0 aliphatic rings. The third-order valence-corrected chi connectivity index (χ3v) is 2.54. The summed E-state index contributed by atoms with van der Waals surface area (Å²) >= 11 is 0. The number of hydrogen-bond donors (Lipinski definition) is 2. The number of nitro benzene ring substituents is 1. The van der Waals surface area contributed by atoms with E-state index in [4.69, 9.17) is 0 Å². The van der Waals surface area contributed by atoms with Gasteiger partial charge in [0, 0.05) is 32.1 Å². The van der Waals surface area contributed by atoms with Gasteiger partial charge in [0.1, 0.15) is 5.69 Å². The van der Waals surface area contributed by atoms with Gasteiger partial charge < -0.3 is 10.6 Å². The maximum atomic E-state index is 10.9. The smallest absolute Gasteiger partial charge is 0.292 e. The molecule has 0 spiro atoms. The van der Waals surface area contributed by atoms with E-state index in [0.29, 0.717) is 18.2 Å². The molecule has 2 rings (SSSR count). The molecule has 7 heteroatoms. The highest BCUT2D eigenvalue weighted by molar-refractivity contribution is 5.62. The lowest BCUT2D eigenvalue weighted by molar-refractivity contribution is -0.384. The number of nitro groups is 1. The summed E-state index contributed by atoms with van der Waals surface area (Å²) in [6.45, 7) is 0.425. The molecule has 98 valence electrons. The maximum Gasteiger partial charge on any atom is 0.292 e. The van der Waals surface area contributed by atoms with Crippen LogP contribution in [-0.2, 0) is 6.54 Å². The van der Waals surface area contributed by atoms with Crippen LogP contribution in [0.15, 0.2) is 36.7 Å². The molecule has 1 aromatic heterocycles. The molecule has 1 aromatic carbocycles. The summed E-state index contributed by atoms with van der Waals surface area (Å²) in [6.07, 6.45) is 3.25. The molecular weight excluding hydrogens is 246 g/mol. The van der Waals surface area contributed by atoms with Crippen LogP contribution in [0.1, 0.15) is 5.56 Å². The van der Waals surface area contributed by atoms with Crippen LogP contribution in [0.4, 0.5) is 17.3 Å². The molecule has 0 saturated heterocycles. The molecule has 2 aromatic rings. The molecular formula is C12H13N5O2. The monoisotopic (exact) mass is 259 g/mol. The standard InChI is InChI=1S/C12H13N5O2/c1-13-10-4-3-9(7-11(10)17(18)19)8-16-12-14-5-2-6-15-12/h2-7,13H,8H2,1H3,(H,14,15,16). The summed E-state index contributed by atoms with van der Waals surface area (Å²) in [7, 11) is 1.65. The fourth-order valence-electron chi connectivity index (χ4n) is 1.62. The fourth-order valence-corrected chi connectivity index (χ4v) is 1.62. The third-order valence-electron chi connectivity index (χ3n) is 2.54. The lowest BCUT2D eigenvalue weighted by atomic mass is 10.1. The van der Waals surface area contributed by atoms with E-state index in [-0.39, 0.29) is 5.69 Å². The van der Waals surface area contributed by atoms with Crippen molar-refractivity contribution in [1.82, 2.24) is 9.97 Å². The Morgan fingerprint density at radius 2 is 2.05 bits per heavy atom. The Bertz CT molecular complexity index is 574. The first-order valence-electron chi connectivity index (χ1n) is 5.66. The molecule has 0 atom stereocenters. The number of aromatic nitrogens is 2. The van der Waals surface area contributed by atoms with Crippen LogP contribution in [0.25, 0.3) is 0 Å². The van der Waals surface area contributed by atoms with E-state index in [2.05, 4.69) is 20.6 Å². The summed E-state index contributed by atoms with van der Waals surface area (Å²) < 4.78 is 0. The Labute approximate surface area is 109 Å². The topological polar surface area (TPSA) is 93.0 Å². The average Bonchev–Trinajstić information content (AvgIpc) is 2.46. The highest BCUT2D eigenvalue weighted by Gasteiger charge is 2.13. The second kappa shape index (κ2) is 5.76.